The van der Waals surface area contributed by atoms with Crippen molar-refractivity contribution in [2.24, 2.45) is 0 Å². The number of pyridine rings is 1. The highest BCUT2D eigenvalue weighted by Gasteiger charge is 2.15. The molecule has 74 valence electrons. The van der Waals surface area contributed by atoms with Crippen molar-refractivity contribution in [2.75, 3.05) is 19.6 Å². The van der Waals surface area contributed by atoms with Crippen molar-refractivity contribution in [3.05, 3.63) is 30.1 Å². The van der Waals surface area contributed by atoms with Gasteiger partial charge in [-0.15, -0.1) is 0 Å². The van der Waals surface area contributed by atoms with Gasteiger partial charge in [0, 0.05) is 25.8 Å². The van der Waals surface area contributed by atoms with E-state index >= 15 is 0 Å². The van der Waals surface area contributed by atoms with E-state index in [0.717, 1.165) is 25.3 Å². The van der Waals surface area contributed by atoms with Gasteiger partial charge in [0.25, 0.3) is 0 Å². The summed E-state index contributed by atoms with van der Waals surface area (Å²) in [5.41, 5.74) is 1.02. The van der Waals surface area contributed by atoms with E-state index in [0.29, 0.717) is 6.54 Å². The lowest BCUT2D eigenvalue weighted by molar-refractivity contribution is -0.124. The minimum absolute atomic E-state index is 0.104. The largest absolute Gasteiger partial charge is 0.354 e. The quantitative estimate of drug-likeness (QED) is 0.716. The predicted molar refractivity (Wildman–Crippen MR) is 52.5 cm³/mol. The highest BCUT2D eigenvalue weighted by Crippen LogP contribution is 2.01. The summed E-state index contributed by atoms with van der Waals surface area (Å²) in [6.45, 7) is 2.89. The molecule has 1 N–H and O–H groups in total. The molecule has 14 heavy (non-hydrogen) atoms. The molecule has 0 saturated carbocycles. The first-order valence-corrected chi connectivity index (χ1v) is 4.73. The smallest absolute Gasteiger partial charge is 0.234 e. The van der Waals surface area contributed by atoms with Crippen molar-refractivity contribution in [3.8, 4) is 0 Å². The Hall–Kier alpha value is -1.42. The van der Waals surface area contributed by atoms with Crippen LogP contribution in [0, 0.1) is 0 Å². The Balaban J connectivity index is 1.94. The van der Waals surface area contributed by atoms with Gasteiger partial charge in [0.15, 0.2) is 0 Å². The Labute approximate surface area is 82.9 Å². The third-order valence-electron chi connectivity index (χ3n) is 2.23. The van der Waals surface area contributed by atoms with Gasteiger partial charge in [0.2, 0.25) is 5.91 Å². The van der Waals surface area contributed by atoms with Crippen LogP contribution in [0.4, 0.5) is 0 Å². The van der Waals surface area contributed by atoms with E-state index in [1.807, 2.05) is 18.2 Å². The molecule has 0 bridgehead atoms. The van der Waals surface area contributed by atoms with Crippen molar-refractivity contribution in [3.63, 3.8) is 0 Å². The van der Waals surface area contributed by atoms with Crippen molar-refractivity contribution < 1.29 is 4.79 Å². The first kappa shape index (κ1) is 9.15. The molecule has 2 heterocycles. The molecule has 1 aliphatic heterocycles. The van der Waals surface area contributed by atoms with Crippen LogP contribution in [0.25, 0.3) is 0 Å². The van der Waals surface area contributed by atoms with Gasteiger partial charge in [-0.25, -0.2) is 0 Å². The highest BCUT2D eigenvalue weighted by atomic mass is 16.2. The standard InChI is InChI=1S/C10H13N3O/c14-10-8-13(6-5-12-10)7-9-3-1-2-4-11-9/h1-4H,5-8H2,(H,12,14). The van der Waals surface area contributed by atoms with Gasteiger partial charge >= 0.3 is 0 Å². The molecule has 0 unspecified atom stereocenters. The number of piperazine rings is 1. The van der Waals surface area contributed by atoms with Crippen LogP contribution in [-0.2, 0) is 11.3 Å². The molecule has 1 aliphatic rings. The Morgan fingerprint density at radius 3 is 3.14 bits per heavy atom. The molecular weight excluding hydrogens is 178 g/mol. The Morgan fingerprint density at radius 2 is 2.43 bits per heavy atom. The third kappa shape index (κ3) is 2.29. The molecular formula is C10H13N3O. The first-order valence-electron chi connectivity index (χ1n) is 4.73. The number of nitrogens with zero attached hydrogens (tertiary/aromatic N) is 2. The molecule has 1 fully saturated rings. The maximum Gasteiger partial charge on any atom is 0.234 e. The minimum Gasteiger partial charge on any atom is -0.354 e. The number of carbonyl (C=O) groups excluding carboxylic acids is 1. The van der Waals surface area contributed by atoms with E-state index in [9.17, 15) is 4.79 Å². The molecule has 0 atom stereocenters. The number of carbonyl (C=O) groups is 1. The molecule has 4 heteroatoms. The van der Waals surface area contributed by atoms with Crippen LogP contribution < -0.4 is 5.32 Å². The second-order valence-corrected chi connectivity index (χ2v) is 3.38. The predicted octanol–water partition coefficient (Wildman–Crippen LogP) is 0.0134. The Kier molecular flexibility index (Phi) is 2.74. The van der Waals surface area contributed by atoms with Gasteiger partial charge in [-0.2, -0.15) is 0 Å². The molecule has 1 saturated heterocycles. The summed E-state index contributed by atoms with van der Waals surface area (Å²) in [7, 11) is 0. The first-order chi connectivity index (χ1) is 6.84. The topological polar surface area (TPSA) is 45.2 Å². The summed E-state index contributed by atoms with van der Waals surface area (Å²) in [6, 6.07) is 5.84. The number of amides is 1. The molecule has 2 rings (SSSR count). The number of hydrogen-bond donors (Lipinski definition) is 1. The lowest BCUT2D eigenvalue weighted by Crippen LogP contribution is -2.47. The summed E-state index contributed by atoms with van der Waals surface area (Å²) >= 11 is 0. The molecule has 4 nitrogen and oxygen atoms in total. The fourth-order valence-corrected chi connectivity index (χ4v) is 1.55. The molecule has 0 aliphatic carbocycles. The molecule has 0 radical (unpaired) electrons. The SMILES string of the molecule is O=C1CN(Cc2ccccn2)CCN1. The normalized spacial score (nSPS) is 17.9. The maximum atomic E-state index is 11.1. The summed E-state index contributed by atoms with van der Waals surface area (Å²) < 4.78 is 0. The summed E-state index contributed by atoms with van der Waals surface area (Å²) in [4.78, 5) is 17.4. The molecule has 1 amide bonds. The minimum atomic E-state index is 0.104. The summed E-state index contributed by atoms with van der Waals surface area (Å²) in [6.07, 6.45) is 1.78. The third-order valence-corrected chi connectivity index (χ3v) is 2.23. The summed E-state index contributed by atoms with van der Waals surface area (Å²) in [5.74, 6) is 0.104. The van der Waals surface area contributed by atoms with Crippen LogP contribution >= 0.6 is 0 Å². The van der Waals surface area contributed by atoms with Gasteiger partial charge in [-0.3, -0.25) is 14.7 Å². The lowest BCUT2D eigenvalue weighted by Gasteiger charge is -2.25. The fraction of sp³-hybridized carbons (Fsp3) is 0.400. The number of aromatic nitrogens is 1. The monoisotopic (exact) mass is 191 g/mol. The molecule has 0 spiro atoms. The number of nitrogens with one attached hydrogen (secondary N) is 1. The van der Waals surface area contributed by atoms with Gasteiger partial charge in [-0.05, 0) is 12.1 Å². The van der Waals surface area contributed by atoms with Crippen molar-refractivity contribution >= 4 is 5.91 Å². The average molecular weight is 191 g/mol. The zero-order valence-electron chi connectivity index (χ0n) is 7.94. The van der Waals surface area contributed by atoms with Crippen LogP contribution in [0.2, 0.25) is 0 Å². The molecule has 0 aromatic carbocycles. The van der Waals surface area contributed by atoms with E-state index < -0.39 is 0 Å². The highest BCUT2D eigenvalue weighted by molar-refractivity contribution is 5.78. The van der Waals surface area contributed by atoms with Crippen LogP contribution in [0.3, 0.4) is 0 Å². The number of rotatable bonds is 2. The van der Waals surface area contributed by atoms with Gasteiger partial charge in [0.1, 0.15) is 0 Å². The maximum absolute atomic E-state index is 11.1. The van der Waals surface area contributed by atoms with E-state index in [2.05, 4.69) is 15.2 Å². The zero-order chi connectivity index (χ0) is 9.80. The summed E-state index contributed by atoms with van der Waals surface area (Å²) in [5, 5.41) is 2.80. The van der Waals surface area contributed by atoms with E-state index in [1.54, 1.807) is 6.20 Å². The fourth-order valence-electron chi connectivity index (χ4n) is 1.55. The Bertz CT molecular complexity index is 312. The average Bonchev–Trinajstić information content (AvgIpc) is 2.19. The van der Waals surface area contributed by atoms with E-state index in [4.69, 9.17) is 0 Å². The zero-order valence-corrected chi connectivity index (χ0v) is 7.94. The molecule has 1 aromatic rings. The van der Waals surface area contributed by atoms with Crippen LogP contribution in [-0.4, -0.2) is 35.4 Å². The van der Waals surface area contributed by atoms with Gasteiger partial charge in [-0.1, -0.05) is 6.07 Å². The van der Waals surface area contributed by atoms with Crippen LogP contribution in [0.5, 0.6) is 0 Å². The lowest BCUT2D eigenvalue weighted by atomic mass is 10.3. The second kappa shape index (κ2) is 4.19. The van der Waals surface area contributed by atoms with Crippen molar-refractivity contribution in [2.45, 2.75) is 6.54 Å². The van der Waals surface area contributed by atoms with Gasteiger partial charge in [0.05, 0.1) is 12.2 Å². The van der Waals surface area contributed by atoms with Crippen LogP contribution in [0.1, 0.15) is 5.69 Å². The van der Waals surface area contributed by atoms with E-state index in [-0.39, 0.29) is 5.91 Å². The van der Waals surface area contributed by atoms with Crippen molar-refractivity contribution in [1.29, 1.82) is 0 Å². The van der Waals surface area contributed by atoms with Crippen LogP contribution in [0.15, 0.2) is 24.4 Å². The van der Waals surface area contributed by atoms with Crippen molar-refractivity contribution in [1.82, 2.24) is 15.2 Å². The molecule has 1 aromatic heterocycles. The van der Waals surface area contributed by atoms with Gasteiger partial charge < -0.3 is 5.32 Å². The second-order valence-electron chi connectivity index (χ2n) is 3.38. The number of hydrogen-bond acceptors (Lipinski definition) is 3. The Morgan fingerprint density at radius 1 is 1.50 bits per heavy atom. The van der Waals surface area contributed by atoms with E-state index in [1.165, 1.54) is 0 Å².